The lowest BCUT2D eigenvalue weighted by Crippen LogP contribution is -2.23. The molecule has 0 aliphatic rings. The van der Waals surface area contributed by atoms with E-state index in [9.17, 15) is 14.4 Å². The highest BCUT2D eigenvalue weighted by Gasteiger charge is 2.16. The Bertz CT molecular complexity index is 1400. The number of hydrogen-bond acceptors (Lipinski definition) is 7. The minimum Gasteiger partial charge on any atom is -0.469 e. The van der Waals surface area contributed by atoms with Crippen molar-refractivity contribution in [2.45, 2.75) is 20.4 Å². The molecule has 4 aromatic rings. The third-order valence-corrected chi connectivity index (χ3v) is 5.33. The van der Waals surface area contributed by atoms with Gasteiger partial charge in [-0.15, -0.1) is 0 Å². The second-order valence-corrected chi connectivity index (χ2v) is 7.70. The van der Waals surface area contributed by atoms with Crippen LogP contribution in [0, 0.1) is 13.8 Å². The van der Waals surface area contributed by atoms with Gasteiger partial charge in [0.2, 0.25) is 5.89 Å². The summed E-state index contributed by atoms with van der Waals surface area (Å²) in [5.41, 5.74) is 2.86. The van der Waals surface area contributed by atoms with E-state index in [0.717, 1.165) is 0 Å². The van der Waals surface area contributed by atoms with Crippen LogP contribution in [0.25, 0.3) is 11.5 Å². The van der Waals surface area contributed by atoms with Crippen molar-refractivity contribution in [1.82, 2.24) is 10.3 Å². The lowest BCUT2D eigenvalue weighted by molar-refractivity contribution is 0.0600. The molecule has 0 aliphatic carbocycles. The molecule has 0 aliphatic heterocycles. The van der Waals surface area contributed by atoms with Crippen LogP contribution in [0.3, 0.4) is 0 Å². The third kappa shape index (κ3) is 5.30. The summed E-state index contributed by atoms with van der Waals surface area (Å²) in [5.74, 6) is 0.276. The fourth-order valence-electron chi connectivity index (χ4n) is 3.44. The Morgan fingerprint density at radius 1 is 0.943 bits per heavy atom. The van der Waals surface area contributed by atoms with Crippen molar-refractivity contribution in [3.8, 4) is 11.5 Å². The van der Waals surface area contributed by atoms with Crippen molar-refractivity contribution in [1.29, 1.82) is 0 Å². The predicted molar refractivity (Wildman–Crippen MR) is 127 cm³/mol. The SMILES string of the molecule is COC(=O)c1cccc(C(=O)NCc2nc(-c3cccc(NC(=O)c4ccoc4C)c3)oc2C)c1. The molecule has 4 rings (SSSR count). The number of aromatic nitrogens is 1. The smallest absolute Gasteiger partial charge is 0.337 e. The average Bonchev–Trinajstić information content (AvgIpc) is 3.47. The number of esters is 1. The zero-order valence-electron chi connectivity index (χ0n) is 19.4. The predicted octanol–water partition coefficient (Wildman–Crippen LogP) is 4.52. The second kappa shape index (κ2) is 10.1. The van der Waals surface area contributed by atoms with E-state index in [2.05, 4.69) is 15.6 Å². The van der Waals surface area contributed by atoms with E-state index in [1.807, 2.05) is 6.07 Å². The minimum absolute atomic E-state index is 0.132. The number of hydrogen-bond donors (Lipinski definition) is 2. The van der Waals surface area contributed by atoms with Crippen LogP contribution < -0.4 is 10.6 Å². The van der Waals surface area contributed by atoms with Gasteiger partial charge in [0.25, 0.3) is 11.8 Å². The van der Waals surface area contributed by atoms with Gasteiger partial charge in [-0.1, -0.05) is 12.1 Å². The molecule has 0 unspecified atom stereocenters. The molecule has 0 radical (unpaired) electrons. The first-order chi connectivity index (χ1) is 16.9. The van der Waals surface area contributed by atoms with E-state index in [1.165, 1.54) is 19.4 Å². The molecule has 9 nitrogen and oxygen atoms in total. The number of rotatable bonds is 7. The van der Waals surface area contributed by atoms with E-state index in [4.69, 9.17) is 13.6 Å². The molecule has 2 heterocycles. The Hall–Kier alpha value is -4.66. The summed E-state index contributed by atoms with van der Waals surface area (Å²) in [7, 11) is 1.28. The van der Waals surface area contributed by atoms with E-state index in [-0.39, 0.29) is 23.9 Å². The zero-order chi connectivity index (χ0) is 24.9. The van der Waals surface area contributed by atoms with Crippen LogP contribution in [0.15, 0.2) is 69.7 Å². The van der Waals surface area contributed by atoms with Crippen LogP contribution in [-0.4, -0.2) is 29.9 Å². The molecule has 2 amide bonds. The summed E-state index contributed by atoms with van der Waals surface area (Å²) in [6, 6.07) is 15.0. The number of nitrogens with one attached hydrogen (secondary N) is 2. The number of carbonyl (C=O) groups is 3. The number of furan rings is 1. The van der Waals surface area contributed by atoms with Gasteiger partial charge in [-0.2, -0.15) is 0 Å². The summed E-state index contributed by atoms with van der Waals surface area (Å²) >= 11 is 0. The van der Waals surface area contributed by atoms with Gasteiger partial charge in [0.1, 0.15) is 17.2 Å². The highest BCUT2D eigenvalue weighted by atomic mass is 16.5. The number of oxazole rings is 1. The van der Waals surface area contributed by atoms with Crippen LogP contribution in [0.2, 0.25) is 0 Å². The van der Waals surface area contributed by atoms with Gasteiger partial charge in [-0.05, 0) is 56.3 Å². The normalized spacial score (nSPS) is 10.6. The highest BCUT2D eigenvalue weighted by Crippen LogP contribution is 2.25. The number of benzene rings is 2. The molecule has 178 valence electrons. The van der Waals surface area contributed by atoms with Crippen LogP contribution in [0.5, 0.6) is 0 Å². The molecule has 2 aromatic carbocycles. The summed E-state index contributed by atoms with van der Waals surface area (Å²) in [6.07, 6.45) is 1.46. The first-order valence-corrected chi connectivity index (χ1v) is 10.7. The topological polar surface area (TPSA) is 124 Å². The first-order valence-electron chi connectivity index (χ1n) is 10.7. The first kappa shape index (κ1) is 23.5. The third-order valence-electron chi connectivity index (χ3n) is 5.33. The molecule has 35 heavy (non-hydrogen) atoms. The number of carbonyl (C=O) groups excluding carboxylic acids is 3. The molecule has 0 bridgehead atoms. The van der Waals surface area contributed by atoms with E-state index >= 15 is 0 Å². The Morgan fingerprint density at radius 2 is 1.71 bits per heavy atom. The van der Waals surface area contributed by atoms with E-state index in [1.54, 1.807) is 56.3 Å². The van der Waals surface area contributed by atoms with Gasteiger partial charge in [0, 0.05) is 16.8 Å². The Kier molecular flexibility index (Phi) is 6.77. The van der Waals surface area contributed by atoms with Gasteiger partial charge in [-0.3, -0.25) is 9.59 Å². The maximum Gasteiger partial charge on any atom is 0.337 e. The summed E-state index contributed by atoms with van der Waals surface area (Å²) in [6.45, 7) is 3.60. The monoisotopic (exact) mass is 473 g/mol. The van der Waals surface area contributed by atoms with Gasteiger partial charge >= 0.3 is 5.97 Å². The fourth-order valence-corrected chi connectivity index (χ4v) is 3.44. The van der Waals surface area contributed by atoms with Gasteiger partial charge in [-0.25, -0.2) is 9.78 Å². The van der Waals surface area contributed by atoms with Gasteiger partial charge < -0.3 is 24.2 Å². The largest absolute Gasteiger partial charge is 0.469 e. The number of aryl methyl sites for hydroxylation is 2. The molecule has 2 N–H and O–H groups in total. The minimum atomic E-state index is -0.519. The van der Waals surface area contributed by atoms with Crippen LogP contribution in [0.4, 0.5) is 5.69 Å². The fraction of sp³-hybridized carbons (Fsp3) is 0.154. The van der Waals surface area contributed by atoms with Crippen LogP contribution >= 0.6 is 0 Å². The molecule has 0 saturated heterocycles. The van der Waals surface area contributed by atoms with Crippen molar-refractivity contribution in [3.63, 3.8) is 0 Å². The van der Waals surface area contributed by atoms with Crippen molar-refractivity contribution in [2.24, 2.45) is 0 Å². The van der Waals surface area contributed by atoms with Crippen LogP contribution in [-0.2, 0) is 11.3 Å². The number of ether oxygens (including phenoxy) is 1. The maximum atomic E-state index is 12.6. The second-order valence-electron chi connectivity index (χ2n) is 7.70. The Labute approximate surface area is 201 Å². The Balaban J connectivity index is 1.45. The van der Waals surface area contributed by atoms with Crippen molar-refractivity contribution >= 4 is 23.5 Å². The number of nitrogens with zero attached hydrogens (tertiary/aromatic N) is 1. The lowest BCUT2D eigenvalue weighted by atomic mass is 10.1. The molecule has 9 heteroatoms. The van der Waals surface area contributed by atoms with Crippen molar-refractivity contribution < 1.29 is 28.0 Å². The zero-order valence-corrected chi connectivity index (χ0v) is 19.4. The summed E-state index contributed by atoms with van der Waals surface area (Å²) in [5, 5.41) is 5.62. The Morgan fingerprint density at radius 3 is 2.46 bits per heavy atom. The molecule has 0 atom stereocenters. The standard InChI is InChI=1S/C26H23N3O6/c1-15-21(10-11-34-15)24(31)28-20-9-5-7-18(13-20)25-29-22(16(2)35-25)14-27-23(30)17-6-4-8-19(12-17)26(32)33-3/h4-13H,14H2,1-3H3,(H,27,30)(H,28,31). The van der Waals surface area contributed by atoms with Crippen molar-refractivity contribution in [3.05, 3.63) is 94.8 Å². The molecular weight excluding hydrogens is 450 g/mol. The van der Waals surface area contributed by atoms with Crippen LogP contribution in [0.1, 0.15) is 48.3 Å². The molecule has 0 saturated carbocycles. The number of anilines is 1. The molecular formula is C26H23N3O6. The lowest BCUT2D eigenvalue weighted by Gasteiger charge is -2.06. The molecule has 2 aromatic heterocycles. The maximum absolute atomic E-state index is 12.6. The number of methoxy groups -OCH3 is 1. The quantitative estimate of drug-likeness (QED) is 0.378. The van der Waals surface area contributed by atoms with Crippen molar-refractivity contribution in [2.75, 3.05) is 12.4 Å². The summed E-state index contributed by atoms with van der Waals surface area (Å²) < 4.78 is 15.7. The van der Waals surface area contributed by atoms with E-state index in [0.29, 0.717) is 45.5 Å². The summed E-state index contributed by atoms with van der Waals surface area (Å²) in [4.78, 5) is 41.2. The van der Waals surface area contributed by atoms with Gasteiger partial charge in [0.05, 0.1) is 31.0 Å². The van der Waals surface area contributed by atoms with E-state index < -0.39 is 5.97 Å². The number of amides is 2. The molecule has 0 fully saturated rings. The molecule has 0 spiro atoms. The van der Waals surface area contributed by atoms with Gasteiger partial charge in [0.15, 0.2) is 0 Å². The highest BCUT2D eigenvalue weighted by molar-refractivity contribution is 6.05. The average molecular weight is 473 g/mol.